The number of hydrogen-bond donors (Lipinski definition) is 0. The third-order valence-corrected chi connectivity index (χ3v) is 6.17. The summed E-state index contributed by atoms with van der Waals surface area (Å²) in [6, 6.07) is 8.27. The Balaban J connectivity index is 1.71. The highest BCUT2D eigenvalue weighted by molar-refractivity contribution is 5.55. The van der Waals surface area contributed by atoms with Gasteiger partial charge in [-0.25, -0.2) is 4.89 Å². The molecule has 1 saturated carbocycles. The second-order valence-electron chi connectivity index (χ2n) is 8.22. The fourth-order valence-corrected chi connectivity index (χ4v) is 4.60. The van der Waals surface area contributed by atoms with E-state index in [0.717, 1.165) is 24.8 Å². The first-order valence-electron chi connectivity index (χ1n) is 8.84. The number of aryl methyl sites for hydroxylation is 1. The van der Waals surface area contributed by atoms with Gasteiger partial charge in [-0.2, -0.15) is 4.89 Å². The fourth-order valence-electron chi connectivity index (χ4n) is 4.60. The van der Waals surface area contributed by atoms with Gasteiger partial charge in [0, 0.05) is 5.41 Å². The van der Waals surface area contributed by atoms with Gasteiger partial charge >= 0.3 is 0 Å². The second-order valence-corrected chi connectivity index (χ2v) is 8.22. The molecule has 1 aromatic carbocycles. The molecule has 3 aliphatic heterocycles. The van der Waals surface area contributed by atoms with Gasteiger partial charge in [0.25, 0.3) is 0 Å². The predicted octanol–water partition coefficient (Wildman–Crippen LogP) is 4.96. The molecule has 1 spiro atoms. The Morgan fingerprint density at radius 3 is 2.50 bits per heavy atom. The van der Waals surface area contributed by atoms with Crippen molar-refractivity contribution in [2.45, 2.75) is 63.9 Å². The van der Waals surface area contributed by atoms with Gasteiger partial charge in [-0.05, 0) is 62.5 Å². The molecule has 1 saturated heterocycles. The standard InChI is InChI=1S/C21H26O3/c1-16-8-5-6-9-17(16)10-13-20-14-15-21(24-23-20)18(2,3)11-7-12-19(21,4)22-20/h5-6,8-10,13-15H,7,11-12H2,1-4H3/b13-10+/t19-,20-,21?/m0/s1. The van der Waals surface area contributed by atoms with Crippen LogP contribution in [0.4, 0.5) is 0 Å². The number of hydrogen-bond acceptors (Lipinski definition) is 3. The Morgan fingerprint density at radius 2 is 1.79 bits per heavy atom. The minimum atomic E-state index is -0.938. The molecule has 1 unspecified atom stereocenters. The van der Waals surface area contributed by atoms with Crippen LogP contribution in [0.25, 0.3) is 6.08 Å². The van der Waals surface area contributed by atoms with Gasteiger partial charge in [-0.15, -0.1) is 0 Å². The zero-order valence-corrected chi connectivity index (χ0v) is 15.0. The molecule has 0 amide bonds. The summed E-state index contributed by atoms with van der Waals surface area (Å²) in [5, 5.41) is 0. The maximum atomic E-state index is 6.53. The van der Waals surface area contributed by atoms with Gasteiger partial charge in [0.2, 0.25) is 5.79 Å². The molecule has 2 fully saturated rings. The summed E-state index contributed by atoms with van der Waals surface area (Å²) >= 11 is 0. The molecule has 5 rings (SSSR count). The topological polar surface area (TPSA) is 27.7 Å². The third-order valence-electron chi connectivity index (χ3n) is 6.17. The third kappa shape index (κ3) is 2.08. The smallest absolute Gasteiger partial charge is 0.241 e. The second kappa shape index (κ2) is 5.04. The normalized spacial score (nSPS) is 40.0. The van der Waals surface area contributed by atoms with E-state index in [9.17, 15) is 0 Å². The van der Waals surface area contributed by atoms with Crippen LogP contribution in [0.15, 0.2) is 42.5 Å². The predicted molar refractivity (Wildman–Crippen MR) is 94.1 cm³/mol. The summed E-state index contributed by atoms with van der Waals surface area (Å²) in [7, 11) is 0. The number of benzene rings is 1. The van der Waals surface area contributed by atoms with Crippen LogP contribution in [-0.4, -0.2) is 17.0 Å². The minimum absolute atomic E-state index is 0.0250. The van der Waals surface area contributed by atoms with Crippen molar-refractivity contribution in [2.75, 3.05) is 0 Å². The lowest BCUT2D eigenvalue weighted by atomic mass is 9.57. The van der Waals surface area contributed by atoms with Crippen molar-refractivity contribution >= 4 is 6.08 Å². The first-order valence-corrected chi connectivity index (χ1v) is 8.84. The maximum absolute atomic E-state index is 6.53. The van der Waals surface area contributed by atoms with Gasteiger partial charge in [0.15, 0.2) is 5.60 Å². The molecule has 3 heterocycles. The minimum Gasteiger partial charge on any atom is -0.331 e. The van der Waals surface area contributed by atoms with Crippen molar-refractivity contribution in [3.8, 4) is 0 Å². The summed E-state index contributed by atoms with van der Waals surface area (Å²) < 4.78 is 6.53. The number of ether oxygens (including phenoxy) is 1. The molecule has 3 nitrogen and oxygen atoms in total. The molecular weight excluding hydrogens is 300 g/mol. The van der Waals surface area contributed by atoms with Gasteiger partial charge in [-0.1, -0.05) is 44.2 Å². The largest absolute Gasteiger partial charge is 0.331 e. The van der Waals surface area contributed by atoms with E-state index in [2.05, 4.69) is 52.0 Å². The molecule has 1 aliphatic carbocycles. The summed E-state index contributed by atoms with van der Waals surface area (Å²) in [5.41, 5.74) is 1.46. The van der Waals surface area contributed by atoms with E-state index in [1.54, 1.807) is 0 Å². The molecule has 24 heavy (non-hydrogen) atoms. The Labute approximate surface area is 144 Å². The molecule has 1 aromatic rings. The van der Waals surface area contributed by atoms with E-state index in [1.165, 1.54) is 5.56 Å². The van der Waals surface area contributed by atoms with Crippen LogP contribution in [-0.2, 0) is 14.5 Å². The first kappa shape index (κ1) is 16.1. The van der Waals surface area contributed by atoms with Gasteiger partial charge in [0.1, 0.15) is 5.60 Å². The quantitative estimate of drug-likeness (QED) is 0.568. The Kier molecular flexibility index (Phi) is 3.38. The number of fused-ring (bicyclic) bond motifs is 1. The van der Waals surface area contributed by atoms with Crippen molar-refractivity contribution in [3.63, 3.8) is 0 Å². The summed E-state index contributed by atoms with van der Waals surface area (Å²) in [5.74, 6) is -0.938. The molecule has 0 radical (unpaired) electrons. The molecule has 2 bridgehead atoms. The van der Waals surface area contributed by atoms with E-state index in [0.29, 0.717) is 0 Å². The van der Waals surface area contributed by atoms with Crippen molar-refractivity contribution in [1.82, 2.24) is 0 Å². The van der Waals surface area contributed by atoms with E-state index in [-0.39, 0.29) is 11.0 Å². The van der Waals surface area contributed by atoms with Crippen LogP contribution in [0.3, 0.4) is 0 Å². The van der Waals surface area contributed by atoms with Crippen LogP contribution in [0.2, 0.25) is 0 Å². The molecule has 3 heteroatoms. The highest BCUT2D eigenvalue weighted by Crippen LogP contribution is 2.60. The molecule has 128 valence electrons. The average molecular weight is 326 g/mol. The van der Waals surface area contributed by atoms with E-state index < -0.39 is 11.4 Å². The summed E-state index contributed by atoms with van der Waals surface area (Å²) in [6.07, 6.45) is 11.4. The molecule has 0 N–H and O–H groups in total. The van der Waals surface area contributed by atoms with Gasteiger partial charge in [0.05, 0.1) is 0 Å². The first-order chi connectivity index (χ1) is 11.3. The van der Waals surface area contributed by atoms with Crippen LogP contribution >= 0.6 is 0 Å². The molecular formula is C21H26O3. The SMILES string of the molecule is Cc1ccccc1/C=C/[C@@]12C=CC3(OO1)C(C)(C)CCC[C@]3(C)O2. The Morgan fingerprint density at radius 1 is 1.00 bits per heavy atom. The van der Waals surface area contributed by atoms with Crippen molar-refractivity contribution < 1.29 is 14.5 Å². The lowest BCUT2D eigenvalue weighted by Crippen LogP contribution is -2.73. The lowest BCUT2D eigenvalue weighted by molar-refractivity contribution is -0.540. The number of rotatable bonds is 2. The van der Waals surface area contributed by atoms with Crippen molar-refractivity contribution in [1.29, 1.82) is 0 Å². The van der Waals surface area contributed by atoms with E-state index >= 15 is 0 Å². The van der Waals surface area contributed by atoms with Crippen LogP contribution in [0.5, 0.6) is 0 Å². The van der Waals surface area contributed by atoms with Crippen molar-refractivity contribution in [3.05, 3.63) is 53.6 Å². The van der Waals surface area contributed by atoms with Crippen LogP contribution < -0.4 is 0 Å². The van der Waals surface area contributed by atoms with E-state index in [4.69, 9.17) is 14.5 Å². The zero-order chi connectivity index (χ0) is 17.1. The van der Waals surface area contributed by atoms with E-state index in [1.807, 2.05) is 24.3 Å². The fraction of sp³-hybridized carbons (Fsp3) is 0.524. The lowest BCUT2D eigenvalue weighted by Gasteiger charge is -2.64. The van der Waals surface area contributed by atoms with Crippen LogP contribution in [0.1, 0.15) is 51.2 Å². The van der Waals surface area contributed by atoms with Gasteiger partial charge < -0.3 is 4.74 Å². The molecule has 4 aliphatic rings. The van der Waals surface area contributed by atoms with Crippen LogP contribution in [0, 0.1) is 12.3 Å². The average Bonchev–Trinajstić information content (AvgIpc) is 2.54. The summed E-state index contributed by atoms with van der Waals surface area (Å²) in [4.78, 5) is 11.8. The zero-order valence-electron chi connectivity index (χ0n) is 15.0. The Bertz CT molecular complexity index is 720. The highest BCUT2D eigenvalue weighted by atomic mass is 17.3. The Hall–Kier alpha value is -1.42. The molecule has 0 aromatic heterocycles. The highest BCUT2D eigenvalue weighted by Gasteiger charge is 2.68. The summed E-state index contributed by atoms with van der Waals surface area (Å²) in [6.45, 7) is 8.74. The van der Waals surface area contributed by atoms with Gasteiger partial charge in [-0.3, -0.25) is 0 Å². The monoisotopic (exact) mass is 326 g/mol. The maximum Gasteiger partial charge on any atom is 0.241 e. The molecule has 3 atom stereocenters. The van der Waals surface area contributed by atoms with Crippen molar-refractivity contribution in [2.24, 2.45) is 5.41 Å².